The second-order valence-corrected chi connectivity index (χ2v) is 4.12. The normalized spacial score (nSPS) is 11.2. The number of rotatable bonds is 4. The van der Waals surface area contributed by atoms with Crippen molar-refractivity contribution < 1.29 is 9.94 Å². The number of ether oxygens (including phenoxy) is 1. The SMILES string of the molecule is COc1ccc(N(C)c2cccc(C(N)=NO)n2)cc1. The van der Waals surface area contributed by atoms with E-state index >= 15 is 0 Å². The summed E-state index contributed by atoms with van der Waals surface area (Å²) in [5.74, 6) is 1.47. The second kappa shape index (κ2) is 5.92. The lowest BCUT2D eigenvalue weighted by Gasteiger charge is -2.19. The lowest BCUT2D eigenvalue weighted by atomic mass is 10.2. The van der Waals surface area contributed by atoms with E-state index in [1.54, 1.807) is 19.2 Å². The van der Waals surface area contributed by atoms with Gasteiger partial charge in [0.15, 0.2) is 5.84 Å². The molecule has 6 heteroatoms. The van der Waals surface area contributed by atoms with Crippen LogP contribution in [0.2, 0.25) is 0 Å². The molecule has 0 aliphatic carbocycles. The first-order chi connectivity index (χ1) is 9.65. The zero-order valence-corrected chi connectivity index (χ0v) is 11.3. The molecule has 0 amide bonds. The number of benzene rings is 1. The van der Waals surface area contributed by atoms with Crippen LogP contribution in [-0.2, 0) is 0 Å². The van der Waals surface area contributed by atoms with Crippen LogP contribution in [0.4, 0.5) is 11.5 Å². The van der Waals surface area contributed by atoms with Gasteiger partial charge in [0.2, 0.25) is 0 Å². The minimum atomic E-state index is -0.0185. The summed E-state index contributed by atoms with van der Waals surface area (Å²) in [5, 5.41) is 11.6. The molecule has 0 saturated carbocycles. The third-order valence-electron chi connectivity index (χ3n) is 2.91. The zero-order valence-electron chi connectivity index (χ0n) is 11.3. The molecular formula is C14H16N4O2. The van der Waals surface area contributed by atoms with Crippen LogP contribution < -0.4 is 15.4 Å². The topological polar surface area (TPSA) is 84.0 Å². The first-order valence-electron chi connectivity index (χ1n) is 5.98. The number of hydrogen-bond donors (Lipinski definition) is 2. The van der Waals surface area contributed by atoms with Crippen LogP contribution >= 0.6 is 0 Å². The summed E-state index contributed by atoms with van der Waals surface area (Å²) >= 11 is 0. The Morgan fingerprint density at radius 3 is 2.55 bits per heavy atom. The molecule has 2 rings (SSSR count). The highest BCUT2D eigenvalue weighted by atomic mass is 16.5. The number of aromatic nitrogens is 1. The van der Waals surface area contributed by atoms with Crippen molar-refractivity contribution in [3.8, 4) is 5.75 Å². The van der Waals surface area contributed by atoms with Gasteiger partial charge in [0, 0.05) is 12.7 Å². The number of oxime groups is 1. The molecule has 20 heavy (non-hydrogen) atoms. The summed E-state index contributed by atoms with van der Waals surface area (Å²) in [5.41, 5.74) is 6.92. The van der Waals surface area contributed by atoms with Crippen LogP contribution in [0.15, 0.2) is 47.6 Å². The van der Waals surface area contributed by atoms with E-state index in [9.17, 15) is 0 Å². The Bertz CT molecular complexity index is 611. The number of nitrogens with two attached hydrogens (primary N) is 1. The van der Waals surface area contributed by atoms with Gasteiger partial charge in [-0.3, -0.25) is 0 Å². The predicted molar refractivity (Wildman–Crippen MR) is 77.8 cm³/mol. The smallest absolute Gasteiger partial charge is 0.188 e. The molecule has 0 unspecified atom stereocenters. The van der Waals surface area contributed by atoms with Gasteiger partial charge in [0.05, 0.1) is 7.11 Å². The lowest BCUT2D eigenvalue weighted by molar-refractivity contribution is 0.318. The van der Waals surface area contributed by atoms with E-state index in [4.69, 9.17) is 15.7 Å². The van der Waals surface area contributed by atoms with Crippen LogP contribution in [0.25, 0.3) is 0 Å². The molecule has 1 aromatic heterocycles. The molecule has 6 nitrogen and oxygen atoms in total. The standard InChI is InChI=1S/C14H16N4O2/c1-18(10-6-8-11(20-2)9-7-10)13-5-3-4-12(16-13)14(15)17-19/h3-9,19H,1-2H3,(H2,15,17). The number of nitrogens with zero attached hydrogens (tertiary/aromatic N) is 3. The van der Waals surface area contributed by atoms with Gasteiger partial charge in [-0.1, -0.05) is 11.2 Å². The van der Waals surface area contributed by atoms with Crippen molar-refractivity contribution in [2.75, 3.05) is 19.1 Å². The third-order valence-corrected chi connectivity index (χ3v) is 2.91. The van der Waals surface area contributed by atoms with E-state index in [2.05, 4.69) is 10.1 Å². The largest absolute Gasteiger partial charge is 0.497 e. The highest BCUT2D eigenvalue weighted by molar-refractivity contribution is 5.95. The van der Waals surface area contributed by atoms with Crippen molar-refractivity contribution in [1.82, 2.24) is 4.98 Å². The molecule has 3 N–H and O–H groups in total. The summed E-state index contributed by atoms with van der Waals surface area (Å²) in [6.07, 6.45) is 0. The Hall–Kier alpha value is -2.76. The van der Waals surface area contributed by atoms with Gasteiger partial charge in [-0.15, -0.1) is 0 Å². The minimum Gasteiger partial charge on any atom is -0.497 e. The molecular weight excluding hydrogens is 256 g/mol. The number of hydrogen-bond acceptors (Lipinski definition) is 5. The molecule has 0 spiro atoms. The minimum absolute atomic E-state index is 0.0185. The molecule has 0 fully saturated rings. The fraction of sp³-hybridized carbons (Fsp3) is 0.143. The van der Waals surface area contributed by atoms with E-state index < -0.39 is 0 Å². The Labute approximate surface area is 117 Å². The summed E-state index contributed by atoms with van der Waals surface area (Å²) in [7, 11) is 3.51. The molecule has 0 atom stereocenters. The van der Waals surface area contributed by atoms with Crippen molar-refractivity contribution in [1.29, 1.82) is 0 Å². The van der Waals surface area contributed by atoms with Gasteiger partial charge < -0.3 is 20.6 Å². The molecule has 0 aliphatic heterocycles. The zero-order chi connectivity index (χ0) is 14.5. The van der Waals surface area contributed by atoms with E-state index in [1.165, 1.54) is 0 Å². The van der Waals surface area contributed by atoms with Crippen molar-refractivity contribution >= 4 is 17.3 Å². The summed E-state index contributed by atoms with van der Waals surface area (Å²) in [4.78, 5) is 6.24. The van der Waals surface area contributed by atoms with Gasteiger partial charge in [0.25, 0.3) is 0 Å². The average Bonchev–Trinajstić information content (AvgIpc) is 2.53. The van der Waals surface area contributed by atoms with E-state index in [0.717, 1.165) is 11.4 Å². The fourth-order valence-electron chi connectivity index (χ4n) is 1.74. The first-order valence-corrected chi connectivity index (χ1v) is 5.98. The Kier molecular flexibility index (Phi) is 4.05. The van der Waals surface area contributed by atoms with Crippen molar-refractivity contribution in [2.45, 2.75) is 0 Å². The Morgan fingerprint density at radius 2 is 1.95 bits per heavy atom. The Morgan fingerprint density at radius 1 is 1.25 bits per heavy atom. The van der Waals surface area contributed by atoms with Gasteiger partial charge in [-0.2, -0.15) is 0 Å². The number of pyridine rings is 1. The maximum absolute atomic E-state index is 8.69. The second-order valence-electron chi connectivity index (χ2n) is 4.12. The molecule has 1 heterocycles. The fourth-order valence-corrected chi connectivity index (χ4v) is 1.74. The van der Waals surface area contributed by atoms with Crippen LogP contribution in [0.1, 0.15) is 5.69 Å². The molecule has 104 valence electrons. The first kappa shape index (κ1) is 13.7. The molecule has 1 aromatic carbocycles. The quantitative estimate of drug-likeness (QED) is 0.384. The van der Waals surface area contributed by atoms with Crippen LogP contribution in [-0.4, -0.2) is 30.2 Å². The average molecular weight is 272 g/mol. The third kappa shape index (κ3) is 2.80. The summed E-state index contributed by atoms with van der Waals surface area (Å²) in [6, 6.07) is 12.9. The van der Waals surface area contributed by atoms with Gasteiger partial charge in [0.1, 0.15) is 17.3 Å². The highest BCUT2D eigenvalue weighted by Gasteiger charge is 2.08. The maximum Gasteiger partial charge on any atom is 0.188 e. The van der Waals surface area contributed by atoms with Crippen molar-refractivity contribution in [2.24, 2.45) is 10.9 Å². The number of amidine groups is 1. The summed E-state index contributed by atoms with van der Waals surface area (Å²) in [6.45, 7) is 0. The van der Waals surface area contributed by atoms with Gasteiger partial charge in [-0.25, -0.2) is 4.98 Å². The van der Waals surface area contributed by atoms with Gasteiger partial charge >= 0.3 is 0 Å². The molecule has 0 aliphatic rings. The predicted octanol–water partition coefficient (Wildman–Crippen LogP) is 1.95. The van der Waals surface area contributed by atoms with Crippen LogP contribution in [0.5, 0.6) is 5.75 Å². The Balaban J connectivity index is 2.30. The van der Waals surface area contributed by atoms with Crippen LogP contribution in [0.3, 0.4) is 0 Å². The monoisotopic (exact) mass is 272 g/mol. The summed E-state index contributed by atoms with van der Waals surface area (Å²) < 4.78 is 5.13. The van der Waals surface area contributed by atoms with E-state index in [-0.39, 0.29) is 5.84 Å². The molecule has 0 saturated heterocycles. The van der Waals surface area contributed by atoms with Crippen LogP contribution in [0, 0.1) is 0 Å². The highest BCUT2D eigenvalue weighted by Crippen LogP contribution is 2.24. The maximum atomic E-state index is 8.69. The number of methoxy groups -OCH3 is 1. The molecule has 0 bridgehead atoms. The van der Waals surface area contributed by atoms with E-state index in [0.29, 0.717) is 11.5 Å². The van der Waals surface area contributed by atoms with Crippen molar-refractivity contribution in [3.05, 3.63) is 48.2 Å². The molecule has 0 radical (unpaired) electrons. The van der Waals surface area contributed by atoms with Crippen molar-refractivity contribution in [3.63, 3.8) is 0 Å². The molecule has 2 aromatic rings. The van der Waals surface area contributed by atoms with E-state index in [1.807, 2.05) is 42.3 Å². The number of anilines is 2. The van der Waals surface area contributed by atoms with Gasteiger partial charge in [-0.05, 0) is 36.4 Å². The lowest BCUT2D eigenvalue weighted by Crippen LogP contribution is -2.18.